The van der Waals surface area contributed by atoms with Gasteiger partial charge in [0.2, 0.25) is 0 Å². The van der Waals surface area contributed by atoms with E-state index in [0.29, 0.717) is 19.7 Å². The molecular weight excluding hydrogens is 443 g/mol. The maximum atomic E-state index is 5.71. The lowest BCUT2D eigenvalue weighted by molar-refractivity contribution is 0.258. The lowest BCUT2D eigenvalue weighted by Gasteiger charge is -2.23. The summed E-state index contributed by atoms with van der Waals surface area (Å²) >= 11 is 0. The van der Waals surface area contributed by atoms with Crippen LogP contribution in [0.15, 0.2) is 52.1 Å². The summed E-state index contributed by atoms with van der Waals surface area (Å²) in [5.74, 6) is 2.54. The second kappa shape index (κ2) is 11.8. The molecule has 144 valence electrons. The SMILES string of the molecule is CN=C(NCCOc1ccc(C)cc1)NCC(c1ccco1)N(C)C.I. The molecule has 0 aliphatic rings. The van der Waals surface area contributed by atoms with Crippen molar-refractivity contribution in [3.8, 4) is 5.75 Å². The van der Waals surface area contributed by atoms with Gasteiger partial charge in [0.25, 0.3) is 0 Å². The Morgan fingerprint density at radius 3 is 2.50 bits per heavy atom. The van der Waals surface area contributed by atoms with E-state index in [1.807, 2.05) is 50.5 Å². The zero-order valence-corrected chi connectivity index (χ0v) is 18.2. The molecule has 1 aromatic carbocycles. The number of hydrogen-bond acceptors (Lipinski definition) is 4. The minimum Gasteiger partial charge on any atom is -0.492 e. The molecule has 1 unspecified atom stereocenters. The first kappa shape index (κ1) is 22.3. The smallest absolute Gasteiger partial charge is 0.191 e. The minimum atomic E-state index is 0. The average molecular weight is 472 g/mol. The van der Waals surface area contributed by atoms with Crippen molar-refractivity contribution in [3.63, 3.8) is 0 Å². The highest BCUT2D eigenvalue weighted by Crippen LogP contribution is 2.17. The van der Waals surface area contributed by atoms with Crippen LogP contribution < -0.4 is 15.4 Å². The lowest BCUT2D eigenvalue weighted by atomic mass is 10.2. The van der Waals surface area contributed by atoms with Gasteiger partial charge in [0.1, 0.15) is 18.1 Å². The number of hydrogen-bond donors (Lipinski definition) is 2. The van der Waals surface area contributed by atoms with Gasteiger partial charge in [-0.1, -0.05) is 17.7 Å². The van der Waals surface area contributed by atoms with Gasteiger partial charge in [-0.25, -0.2) is 0 Å². The van der Waals surface area contributed by atoms with Crippen LogP contribution in [0.5, 0.6) is 5.75 Å². The van der Waals surface area contributed by atoms with Crippen LogP contribution in [-0.4, -0.2) is 51.7 Å². The van der Waals surface area contributed by atoms with Crippen molar-refractivity contribution < 1.29 is 9.15 Å². The van der Waals surface area contributed by atoms with Gasteiger partial charge in [-0.05, 0) is 45.3 Å². The van der Waals surface area contributed by atoms with Gasteiger partial charge in [0.05, 0.1) is 18.8 Å². The number of aryl methyl sites for hydroxylation is 1. The molecule has 2 aromatic rings. The van der Waals surface area contributed by atoms with Gasteiger partial charge in [-0.3, -0.25) is 9.89 Å². The molecule has 0 bridgehead atoms. The molecule has 0 aliphatic carbocycles. The Bertz CT molecular complexity index is 642. The van der Waals surface area contributed by atoms with E-state index >= 15 is 0 Å². The first-order valence-corrected chi connectivity index (χ1v) is 8.44. The summed E-state index contributed by atoms with van der Waals surface area (Å²) in [6.07, 6.45) is 1.70. The van der Waals surface area contributed by atoms with Crippen LogP contribution in [0.4, 0.5) is 0 Å². The van der Waals surface area contributed by atoms with Crippen molar-refractivity contribution in [1.82, 2.24) is 15.5 Å². The fraction of sp³-hybridized carbons (Fsp3) is 0.421. The van der Waals surface area contributed by atoms with Crippen molar-refractivity contribution in [3.05, 3.63) is 54.0 Å². The largest absolute Gasteiger partial charge is 0.492 e. The van der Waals surface area contributed by atoms with Gasteiger partial charge in [0.15, 0.2) is 5.96 Å². The predicted molar refractivity (Wildman–Crippen MR) is 117 cm³/mol. The zero-order chi connectivity index (χ0) is 18.1. The standard InChI is InChI=1S/C19H28N4O2.HI/c1-15-7-9-16(10-8-15)24-13-11-21-19(20-2)22-14-17(23(3)4)18-6-5-12-25-18;/h5-10,12,17H,11,13-14H2,1-4H3,(H2,20,21,22);1H. The fourth-order valence-electron chi connectivity index (χ4n) is 2.41. The molecule has 1 aromatic heterocycles. The second-order valence-electron chi connectivity index (χ2n) is 6.04. The van der Waals surface area contributed by atoms with E-state index in [1.165, 1.54) is 5.56 Å². The molecule has 0 fully saturated rings. The molecule has 26 heavy (non-hydrogen) atoms. The van der Waals surface area contributed by atoms with E-state index in [2.05, 4.69) is 27.4 Å². The van der Waals surface area contributed by atoms with Gasteiger partial charge in [-0.2, -0.15) is 0 Å². The predicted octanol–water partition coefficient (Wildman–Crippen LogP) is 3.05. The normalized spacial score (nSPS) is 12.4. The third kappa shape index (κ3) is 7.25. The number of likely N-dealkylation sites (N-methyl/N-ethyl adjacent to an activating group) is 1. The van der Waals surface area contributed by atoms with Crippen molar-refractivity contribution in [2.75, 3.05) is 40.8 Å². The quantitative estimate of drug-likeness (QED) is 0.268. The number of nitrogens with one attached hydrogen (secondary N) is 2. The molecule has 2 N–H and O–H groups in total. The average Bonchev–Trinajstić information content (AvgIpc) is 3.12. The molecule has 7 heteroatoms. The summed E-state index contributed by atoms with van der Waals surface area (Å²) in [7, 11) is 5.81. The molecule has 1 heterocycles. The third-order valence-corrected chi connectivity index (χ3v) is 3.87. The highest BCUT2D eigenvalue weighted by molar-refractivity contribution is 14.0. The molecule has 0 aliphatic heterocycles. The van der Waals surface area contributed by atoms with Crippen molar-refractivity contribution in [1.29, 1.82) is 0 Å². The Morgan fingerprint density at radius 1 is 1.19 bits per heavy atom. The van der Waals surface area contributed by atoms with Crippen molar-refractivity contribution in [2.45, 2.75) is 13.0 Å². The molecule has 0 saturated heterocycles. The number of aliphatic imine (C=N–C) groups is 1. The first-order chi connectivity index (χ1) is 12.1. The molecule has 6 nitrogen and oxygen atoms in total. The Balaban J connectivity index is 0.00000338. The maximum Gasteiger partial charge on any atom is 0.191 e. The van der Waals surface area contributed by atoms with Crippen molar-refractivity contribution in [2.24, 2.45) is 4.99 Å². The summed E-state index contributed by atoms with van der Waals surface area (Å²) < 4.78 is 11.2. The number of nitrogens with zero attached hydrogens (tertiary/aromatic N) is 2. The van der Waals surface area contributed by atoms with E-state index in [0.717, 1.165) is 17.5 Å². The Labute approximate surface area is 173 Å². The Hall–Kier alpha value is -1.74. The zero-order valence-electron chi connectivity index (χ0n) is 15.9. The van der Waals surface area contributed by atoms with Crippen LogP contribution in [0.2, 0.25) is 0 Å². The van der Waals surface area contributed by atoms with Gasteiger partial charge in [-0.15, -0.1) is 24.0 Å². The van der Waals surface area contributed by atoms with E-state index in [4.69, 9.17) is 9.15 Å². The van der Waals surface area contributed by atoms with Gasteiger partial charge < -0.3 is 19.8 Å². The van der Waals surface area contributed by atoms with Gasteiger partial charge >= 0.3 is 0 Å². The molecule has 0 radical (unpaired) electrons. The fourth-order valence-corrected chi connectivity index (χ4v) is 2.41. The topological polar surface area (TPSA) is 62.0 Å². The number of ether oxygens (including phenoxy) is 1. The number of furan rings is 1. The number of benzene rings is 1. The highest BCUT2D eigenvalue weighted by atomic mass is 127. The van der Waals surface area contributed by atoms with Crippen LogP contribution >= 0.6 is 24.0 Å². The second-order valence-corrected chi connectivity index (χ2v) is 6.04. The summed E-state index contributed by atoms with van der Waals surface area (Å²) in [5, 5.41) is 6.58. The summed E-state index contributed by atoms with van der Waals surface area (Å²) in [4.78, 5) is 6.36. The molecule has 0 saturated carbocycles. The number of guanidine groups is 1. The number of rotatable bonds is 8. The monoisotopic (exact) mass is 472 g/mol. The summed E-state index contributed by atoms with van der Waals surface area (Å²) in [5.41, 5.74) is 1.22. The Kier molecular flexibility index (Phi) is 10.1. The summed E-state index contributed by atoms with van der Waals surface area (Å²) in [6, 6.07) is 12.1. The lowest BCUT2D eigenvalue weighted by Crippen LogP contribution is -2.42. The van der Waals surface area contributed by atoms with E-state index in [1.54, 1.807) is 13.3 Å². The van der Waals surface area contributed by atoms with Crippen molar-refractivity contribution >= 4 is 29.9 Å². The molecule has 0 spiro atoms. The van der Waals surface area contributed by atoms with E-state index in [9.17, 15) is 0 Å². The van der Waals surface area contributed by atoms with Crippen LogP contribution in [0.3, 0.4) is 0 Å². The molecule has 2 rings (SSSR count). The van der Waals surface area contributed by atoms with Crippen LogP contribution in [-0.2, 0) is 0 Å². The van der Waals surface area contributed by atoms with Crippen LogP contribution in [0, 0.1) is 6.92 Å². The Morgan fingerprint density at radius 2 is 1.92 bits per heavy atom. The maximum absolute atomic E-state index is 5.71. The van der Waals surface area contributed by atoms with Gasteiger partial charge in [0, 0.05) is 13.6 Å². The molecule has 1 atom stereocenters. The third-order valence-electron chi connectivity index (χ3n) is 3.87. The van der Waals surface area contributed by atoms with Crippen LogP contribution in [0.25, 0.3) is 0 Å². The molecule has 0 amide bonds. The summed E-state index contributed by atoms with van der Waals surface area (Å²) in [6.45, 7) is 3.99. The highest BCUT2D eigenvalue weighted by Gasteiger charge is 2.17. The van der Waals surface area contributed by atoms with Crippen LogP contribution in [0.1, 0.15) is 17.4 Å². The minimum absolute atomic E-state index is 0. The number of halogens is 1. The van der Waals surface area contributed by atoms with E-state index < -0.39 is 0 Å². The van der Waals surface area contributed by atoms with E-state index in [-0.39, 0.29) is 30.0 Å². The first-order valence-electron chi connectivity index (χ1n) is 8.44. The molecular formula is C19H29IN4O2.